The third kappa shape index (κ3) is 5.85. The van der Waals surface area contributed by atoms with Gasteiger partial charge in [0.2, 0.25) is 0 Å². The fraction of sp³-hybridized carbons (Fsp3) is 0. The van der Waals surface area contributed by atoms with E-state index in [1.165, 1.54) is 0 Å². The van der Waals surface area contributed by atoms with Crippen LogP contribution in [-0.2, 0) is 0 Å². The van der Waals surface area contributed by atoms with Crippen LogP contribution in [0.2, 0.25) is 0 Å². The maximum absolute atomic E-state index is 9.74. The fourth-order valence-electron chi connectivity index (χ4n) is 9.85. The molecule has 2 heterocycles. The number of rotatable bonds is 8. The summed E-state index contributed by atoms with van der Waals surface area (Å²) in [6, 6.07) is 59.6. The van der Waals surface area contributed by atoms with Crippen LogP contribution in [0.4, 0.5) is 0 Å². The first kappa shape index (κ1) is 27.8. The zero-order valence-corrected chi connectivity index (χ0v) is 34.9. The molecule has 3 heteroatoms. The van der Waals surface area contributed by atoms with Crippen LogP contribution in [0, 0.1) is 0 Å². The van der Waals surface area contributed by atoms with Crippen LogP contribution in [0.25, 0.3) is 77.2 Å². The van der Waals surface area contributed by atoms with E-state index >= 15 is 0 Å². The van der Waals surface area contributed by atoms with Crippen molar-refractivity contribution >= 4 is 72.4 Å². The van der Waals surface area contributed by atoms with E-state index < -0.39 is 68.5 Å². The lowest BCUT2D eigenvalue weighted by molar-refractivity contribution is 1.16. The van der Waals surface area contributed by atoms with Crippen molar-refractivity contribution in [3.05, 3.63) is 255 Å². The number of fused-ring (bicyclic) bond motifs is 6. The lowest BCUT2D eigenvalue weighted by Crippen LogP contribution is -2.74. The van der Waals surface area contributed by atoms with Gasteiger partial charge in [-0.3, -0.25) is 0 Å². The number of aromatic nitrogens is 2. The van der Waals surface area contributed by atoms with E-state index in [4.69, 9.17) is 8.22 Å². The second-order valence-corrected chi connectivity index (χ2v) is 19.5. The van der Waals surface area contributed by atoms with Crippen molar-refractivity contribution in [2.75, 3.05) is 0 Å². The Morgan fingerprint density at radius 2 is 0.698 bits per heavy atom. The third-order valence-corrected chi connectivity index (χ3v) is 17.2. The van der Waals surface area contributed by atoms with Crippen molar-refractivity contribution in [3.8, 4) is 33.6 Å². The number of nitrogens with zero attached hydrogens (tertiary/aromatic N) is 2. The second-order valence-electron chi connectivity index (χ2n) is 15.7. The molecule has 10 aromatic carbocycles. The SMILES string of the molecule is [2H]c1c([2H])c([2H])c(-c2cc([Si](c3ccccc3)(c3ccccc3)c3ccccc3)cc(-c3c([2H])c([2H])c([2H])c([2H])c3[2H])c2-n2c3ccccc3c3ccc(-n4c5ccccc5c5ccccc54)cc32)c([2H])c1[2H]. The van der Waals surface area contributed by atoms with Gasteiger partial charge in [0.15, 0.2) is 8.07 Å². The van der Waals surface area contributed by atoms with Crippen molar-refractivity contribution in [3.63, 3.8) is 0 Å². The van der Waals surface area contributed by atoms with Gasteiger partial charge in [0, 0.05) is 38.4 Å². The quantitative estimate of drug-likeness (QED) is 0.107. The molecule has 0 aliphatic heterocycles. The summed E-state index contributed by atoms with van der Waals surface area (Å²) < 4.78 is 97.3. The Balaban J connectivity index is 1.35. The number of para-hydroxylation sites is 3. The molecule has 0 fully saturated rings. The minimum atomic E-state index is -3.61. The van der Waals surface area contributed by atoms with Gasteiger partial charge in [-0.05, 0) is 62.2 Å². The molecule has 296 valence electrons. The molecule has 0 N–H and O–H groups in total. The normalized spacial score (nSPS) is 14.0. The van der Waals surface area contributed by atoms with Gasteiger partial charge in [-0.2, -0.15) is 0 Å². The first-order valence-corrected chi connectivity index (χ1v) is 22.9. The first-order chi connectivity index (χ1) is 35.4. The molecule has 2 nitrogen and oxygen atoms in total. The van der Waals surface area contributed by atoms with Crippen molar-refractivity contribution in [2.24, 2.45) is 0 Å². The summed E-state index contributed by atoms with van der Waals surface area (Å²) in [5, 5.41) is 7.41. The molecule has 0 radical (unpaired) electrons. The smallest absolute Gasteiger partial charge is 0.179 e. The predicted molar refractivity (Wildman–Crippen MR) is 270 cm³/mol. The van der Waals surface area contributed by atoms with E-state index in [0.29, 0.717) is 16.2 Å². The number of hydrogen-bond donors (Lipinski definition) is 0. The molecule has 12 rings (SSSR count). The Bertz CT molecular complexity index is 3910. The molecule has 0 spiro atoms. The Morgan fingerprint density at radius 1 is 0.317 bits per heavy atom. The van der Waals surface area contributed by atoms with Crippen LogP contribution < -0.4 is 20.7 Å². The van der Waals surface area contributed by atoms with E-state index in [-0.39, 0.29) is 27.9 Å². The van der Waals surface area contributed by atoms with Gasteiger partial charge in [-0.1, -0.05) is 224 Å². The van der Waals surface area contributed by atoms with E-state index in [1.54, 1.807) is 0 Å². The molecule has 0 saturated heterocycles. The minimum absolute atomic E-state index is 0.0990. The van der Waals surface area contributed by atoms with Crippen LogP contribution in [0.15, 0.2) is 255 Å². The van der Waals surface area contributed by atoms with Crippen molar-refractivity contribution < 1.29 is 13.7 Å². The molecular formula is C60H42N2Si. The topological polar surface area (TPSA) is 9.86 Å². The largest absolute Gasteiger partial charge is 0.309 e. The van der Waals surface area contributed by atoms with Crippen molar-refractivity contribution in [1.29, 1.82) is 0 Å². The monoisotopic (exact) mass is 828 g/mol. The van der Waals surface area contributed by atoms with Crippen molar-refractivity contribution in [2.45, 2.75) is 0 Å². The van der Waals surface area contributed by atoms with Crippen LogP contribution in [0.1, 0.15) is 13.7 Å². The van der Waals surface area contributed by atoms with Crippen LogP contribution in [0.5, 0.6) is 0 Å². The van der Waals surface area contributed by atoms with Gasteiger partial charge in [0.1, 0.15) is 0 Å². The van der Waals surface area contributed by atoms with Gasteiger partial charge >= 0.3 is 0 Å². The summed E-state index contributed by atoms with van der Waals surface area (Å²) in [5.41, 5.74) is 4.68. The summed E-state index contributed by atoms with van der Waals surface area (Å²) >= 11 is 0. The van der Waals surface area contributed by atoms with Gasteiger partial charge < -0.3 is 9.13 Å². The first-order valence-electron chi connectivity index (χ1n) is 25.9. The Kier molecular flexibility index (Phi) is 6.69. The lowest BCUT2D eigenvalue weighted by Gasteiger charge is -2.36. The third-order valence-electron chi connectivity index (χ3n) is 12.4. The summed E-state index contributed by atoms with van der Waals surface area (Å²) in [5.74, 6) is 0. The Morgan fingerprint density at radius 3 is 1.14 bits per heavy atom. The highest BCUT2D eigenvalue weighted by atomic mass is 28.3. The molecule has 0 unspecified atom stereocenters. The minimum Gasteiger partial charge on any atom is -0.309 e. The average molecular weight is 829 g/mol. The van der Waals surface area contributed by atoms with Crippen LogP contribution in [0.3, 0.4) is 0 Å². The van der Waals surface area contributed by atoms with Gasteiger partial charge in [-0.25, -0.2) is 0 Å². The zero-order valence-electron chi connectivity index (χ0n) is 43.9. The standard InChI is InChI=1S/C60H42N2Si/c1-6-22-43(23-7-1)54-41-49(63(46-26-10-3-11-27-46,47-28-12-4-13-29-47)48-30-14-5-15-31-48)42-55(44-24-8-2-9-25-44)60(54)62-58-37-21-18-34-52(58)53-39-38-45(40-59(53)62)61-56-35-19-16-32-50(56)51-33-17-20-36-57(51)61/h1-42H/i1D,2D,6D,7D,8D,9D,22D,23D,24D,25D. The van der Waals surface area contributed by atoms with Crippen LogP contribution >= 0.6 is 0 Å². The Hall–Kier alpha value is -7.98. The highest BCUT2D eigenvalue weighted by Crippen LogP contribution is 2.42. The summed E-state index contributed by atoms with van der Waals surface area (Å²) in [4.78, 5) is 0. The molecule has 0 saturated carbocycles. The molecule has 0 aliphatic rings. The zero-order chi connectivity index (χ0) is 50.4. The summed E-state index contributed by atoms with van der Waals surface area (Å²) in [7, 11) is -3.61. The average Bonchev–Trinajstić information content (AvgIpc) is 3.94. The summed E-state index contributed by atoms with van der Waals surface area (Å²) in [6.07, 6.45) is 0. The van der Waals surface area contributed by atoms with Gasteiger partial charge in [0.25, 0.3) is 0 Å². The number of hydrogen-bond acceptors (Lipinski definition) is 0. The second kappa shape index (κ2) is 15.2. The lowest BCUT2D eigenvalue weighted by atomic mass is 9.95. The number of benzene rings is 10. The highest BCUT2D eigenvalue weighted by molar-refractivity contribution is 7.20. The maximum atomic E-state index is 9.74. The van der Waals surface area contributed by atoms with E-state index in [2.05, 4.69) is 83.4 Å². The van der Waals surface area contributed by atoms with Crippen LogP contribution in [-0.4, -0.2) is 17.2 Å². The van der Waals surface area contributed by atoms with Crippen molar-refractivity contribution in [1.82, 2.24) is 9.13 Å². The fourth-order valence-corrected chi connectivity index (χ4v) is 14.6. The van der Waals surface area contributed by atoms with Gasteiger partial charge in [-0.15, -0.1) is 0 Å². The highest BCUT2D eigenvalue weighted by Gasteiger charge is 2.42. The molecule has 0 atom stereocenters. The van der Waals surface area contributed by atoms with E-state index in [9.17, 15) is 5.48 Å². The molecule has 12 aromatic rings. The molecule has 0 amide bonds. The summed E-state index contributed by atoms with van der Waals surface area (Å²) in [6.45, 7) is 0. The molecule has 63 heavy (non-hydrogen) atoms. The predicted octanol–water partition coefficient (Wildman–Crippen LogP) is 12.6. The van der Waals surface area contributed by atoms with Gasteiger partial charge in [0.05, 0.1) is 41.5 Å². The molecule has 0 bridgehead atoms. The maximum Gasteiger partial charge on any atom is 0.179 e. The Labute approximate surface area is 382 Å². The molecule has 2 aromatic heterocycles. The van der Waals surface area contributed by atoms with E-state index in [0.717, 1.165) is 53.8 Å². The molecule has 0 aliphatic carbocycles. The molecular weight excluding hydrogens is 777 g/mol. The van der Waals surface area contributed by atoms with E-state index in [1.807, 2.05) is 120 Å².